The summed E-state index contributed by atoms with van der Waals surface area (Å²) in [6.45, 7) is -0.755. The number of hydrogen-bond donors (Lipinski definition) is 0. The van der Waals surface area contributed by atoms with E-state index in [-0.39, 0.29) is 28.7 Å². The van der Waals surface area contributed by atoms with Gasteiger partial charge in [-0.05, 0) is 49.3 Å². The molecule has 184 valence electrons. The summed E-state index contributed by atoms with van der Waals surface area (Å²) >= 11 is 0. The van der Waals surface area contributed by atoms with E-state index in [2.05, 4.69) is 0 Å². The summed E-state index contributed by atoms with van der Waals surface area (Å²) < 4.78 is 0. The Balaban J connectivity index is 1.52. The normalized spacial score (nSPS) is 24.1. The largest absolute Gasteiger partial charge is 0.292 e. The summed E-state index contributed by atoms with van der Waals surface area (Å²) in [5.41, 5.74) is -1.14. The lowest BCUT2D eigenvalue weighted by Crippen LogP contribution is -2.52. The maximum Gasteiger partial charge on any atom is 0.282 e. The van der Waals surface area contributed by atoms with Gasteiger partial charge in [0.1, 0.15) is 12.1 Å². The van der Waals surface area contributed by atoms with E-state index in [4.69, 9.17) is 0 Å². The van der Waals surface area contributed by atoms with Crippen LogP contribution in [0.15, 0.2) is 48.5 Å². The van der Waals surface area contributed by atoms with Crippen molar-refractivity contribution in [2.75, 3.05) is 6.54 Å². The monoisotopic (exact) mass is 492 g/mol. The van der Waals surface area contributed by atoms with E-state index in [1.54, 1.807) is 0 Å². The van der Waals surface area contributed by atoms with Crippen molar-refractivity contribution in [2.45, 2.75) is 19.3 Å². The molecule has 12 heteroatoms. The van der Waals surface area contributed by atoms with Gasteiger partial charge in [0.25, 0.3) is 29.1 Å². The predicted molar refractivity (Wildman–Crippen MR) is 121 cm³/mol. The van der Waals surface area contributed by atoms with Crippen molar-refractivity contribution in [3.8, 4) is 0 Å². The molecular weight excluding hydrogens is 472 g/mol. The minimum absolute atomic E-state index is 0.0142. The average Bonchev–Trinajstić information content (AvgIpc) is 3.56. The van der Waals surface area contributed by atoms with Crippen LogP contribution in [0.5, 0.6) is 0 Å². The molecule has 12 nitrogen and oxygen atoms in total. The van der Waals surface area contributed by atoms with Gasteiger partial charge in [0.2, 0.25) is 0 Å². The molecule has 1 heterocycles. The van der Waals surface area contributed by atoms with E-state index in [0.29, 0.717) is 10.0 Å². The number of rotatable bonds is 7. The van der Waals surface area contributed by atoms with Gasteiger partial charge in [0, 0.05) is 23.8 Å². The summed E-state index contributed by atoms with van der Waals surface area (Å²) in [5.74, 6) is -4.01. The predicted octanol–water partition coefficient (Wildman–Crippen LogP) is 2.77. The number of ketones is 1. The molecule has 3 fully saturated rings. The Kier molecular flexibility index (Phi) is 5.58. The summed E-state index contributed by atoms with van der Waals surface area (Å²) in [5, 5.41) is 23.9. The van der Waals surface area contributed by atoms with Crippen LogP contribution in [-0.4, -0.2) is 49.9 Å². The molecule has 5 rings (SSSR count). The molecule has 0 radical (unpaired) electrons. The van der Waals surface area contributed by atoms with E-state index in [1.165, 1.54) is 30.3 Å². The molecule has 0 unspecified atom stereocenters. The van der Waals surface area contributed by atoms with Gasteiger partial charge in [-0.3, -0.25) is 39.4 Å². The molecule has 1 saturated heterocycles. The van der Waals surface area contributed by atoms with Gasteiger partial charge in [-0.15, -0.1) is 0 Å². The van der Waals surface area contributed by atoms with Crippen molar-refractivity contribution in [3.63, 3.8) is 0 Å². The number of Topliss-reactive ketones (excluding diaryl/α,β-unsaturated/α-hetero) is 1. The number of hydrazine groups is 1. The smallest absolute Gasteiger partial charge is 0.282 e. The van der Waals surface area contributed by atoms with Crippen LogP contribution >= 0.6 is 0 Å². The molecule has 2 aromatic carbocycles. The van der Waals surface area contributed by atoms with Crippen molar-refractivity contribution in [1.82, 2.24) is 10.0 Å². The quantitative estimate of drug-likeness (QED) is 0.247. The number of imide groups is 1. The highest BCUT2D eigenvalue weighted by atomic mass is 16.6. The maximum absolute atomic E-state index is 13.6. The Hall–Kier alpha value is -4.48. The van der Waals surface area contributed by atoms with E-state index in [0.717, 1.165) is 37.5 Å². The van der Waals surface area contributed by atoms with E-state index in [1.807, 2.05) is 0 Å². The molecule has 2 saturated carbocycles. The Morgan fingerprint density at radius 1 is 0.889 bits per heavy atom. The summed E-state index contributed by atoms with van der Waals surface area (Å²) in [7, 11) is 0. The third-order valence-corrected chi connectivity index (χ3v) is 7.40. The SMILES string of the molecule is O=C(CN(C(=O)c1ccccc1[N+](=O)[O-])N1C(=O)[C@@H]2[C@H]3CC[C@@H](C3)[C@@H]2C1=O)c1ccc([N+](=O)[O-])cc1. The van der Waals surface area contributed by atoms with Gasteiger partial charge < -0.3 is 0 Å². The number of carbonyl (C=O) groups excluding carboxylic acids is 4. The zero-order valence-corrected chi connectivity index (χ0v) is 18.8. The first-order chi connectivity index (χ1) is 17.2. The number of benzene rings is 2. The van der Waals surface area contributed by atoms with Crippen molar-refractivity contribution in [3.05, 3.63) is 79.9 Å². The molecule has 3 amide bonds. The third-order valence-electron chi connectivity index (χ3n) is 7.40. The molecule has 36 heavy (non-hydrogen) atoms. The molecule has 1 aliphatic heterocycles. The lowest BCUT2D eigenvalue weighted by atomic mass is 9.81. The summed E-state index contributed by atoms with van der Waals surface area (Å²) in [6.07, 6.45) is 2.37. The van der Waals surface area contributed by atoms with Crippen LogP contribution in [0.25, 0.3) is 0 Å². The van der Waals surface area contributed by atoms with Crippen LogP contribution < -0.4 is 0 Å². The van der Waals surface area contributed by atoms with Crippen LogP contribution in [0.1, 0.15) is 40.0 Å². The zero-order valence-electron chi connectivity index (χ0n) is 18.8. The zero-order chi connectivity index (χ0) is 25.7. The minimum atomic E-state index is -1.04. The van der Waals surface area contributed by atoms with Crippen LogP contribution in [0.3, 0.4) is 0 Å². The van der Waals surface area contributed by atoms with Crippen molar-refractivity contribution < 1.29 is 29.0 Å². The number of nitro groups is 2. The number of fused-ring (bicyclic) bond motifs is 5. The standard InChI is InChI=1S/C24H20N4O8/c29-19(13-7-9-16(10-8-13)27(33)34)12-25(22(30)17-3-1-2-4-18(17)28(35)36)26-23(31)20-14-5-6-15(11-14)21(20)24(26)32/h1-4,7-10,14-15,20-21H,5-6,11-12H2/t14-,15-,20-,21+/m0/s1. The van der Waals surface area contributed by atoms with E-state index >= 15 is 0 Å². The number of non-ortho nitro benzene ring substituents is 1. The first kappa shape index (κ1) is 23.3. The minimum Gasteiger partial charge on any atom is -0.292 e. The second-order valence-electron chi connectivity index (χ2n) is 9.24. The number of carbonyl (C=O) groups is 4. The highest BCUT2D eigenvalue weighted by Gasteiger charge is 2.62. The van der Waals surface area contributed by atoms with Crippen LogP contribution in [0, 0.1) is 43.9 Å². The Morgan fingerprint density at radius 2 is 1.47 bits per heavy atom. The number of hydrogen-bond acceptors (Lipinski definition) is 8. The molecule has 2 aromatic rings. The van der Waals surface area contributed by atoms with Gasteiger partial charge in [0.05, 0.1) is 21.7 Å². The lowest BCUT2D eigenvalue weighted by Gasteiger charge is -2.30. The Bertz CT molecular complexity index is 1300. The fourth-order valence-corrected chi connectivity index (χ4v) is 5.81. The van der Waals surface area contributed by atoms with Gasteiger partial charge in [-0.1, -0.05) is 12.1 Å². The maximum atomic E-state index is 13.6. The second kappa shape index (κ2) is 8.63. The first-order valence-corrected chi connectivity index (χ1v) is 11.4. The molecule has 4 atom stereocenters. The van der Waals surface area contributed by atoms with Gasteiger partial charge in [-0.2, -0.15) is 5.01 Å². The Morgan fingerprint density at radius 3 is 2.03 bits per heavy atom. The number of nitro benzene ring substituents is 2. The van der Waals surface area contributed by atoms with Crippen LogP contribution in [0.2, 0.25) is 0 Å². The topological polar surface area (TPSA) is 161 Å². The first-order valence-electron chi connectivity index (χ1n) is 11.4. The molecule has 3 aliphatic rings. The summed E-state index contributed by atoms with van der Waals surface area (Å²) in [4.78, 5) is 74.6. The molecule has 0 N–H and O–H groups in total. The molecular formula is C24H20N4O8. The van der Waals surface area contributed by atoms with Crippen molar-refractivity contribution in [1.29, 1.82) is 0 Å². The number of nitrogens with zero attached hydrogens (tertiary/aromatic N) is 4. The van der Waals surface area contributed by atoms with Crippen LogP contribution in [0.4, 0.5) is 11.4 Å². The molecule has 2 bridgehead atoms. The molecule has 0 spiro atoms. The van der Waals surface area contributed by atoms with Gasteiger partial charge in [-0.25, -0.2) is 5.01 Å². The Labute approximate surface area is 203 Å². The van der Waals surface area contributed by atoms with Gasteiger partial charge in [0.15, 0.2) is 5.78 Å². The molecule has 0 aromatic heterocycles. The third kappa shape index (κ3) is 3.61. The molecule has 2 aliphatic carbocycles. The highest BCUT2D eigenvalue weighted by Crippen LogP contribution is 2.56. The highest BCUT2D eigenvalue weighted by molar-refractivity contribution is 6.10. The fourth-order valence-electron chi connectivity index (χ4n) is 5.81. The van der Waals surface area contributed by atoms with Crippen LogP contribution in [-0.2, 0) is 9.59 Å². The fraction of sp³-hybridized carbons (Fsp3) is 0.333. The average molecular weight is 492 g/mol. The van der Waals surface area contributed by atoms with E-state index in [9.17, 15) is 39.4 Å². The van der Waals surface area contributed by atoms with Gasteiger partial charge >= 0.3 is 0 Å². The van der Waals surface area contributed by atoms with Crippen molar-refractivity contribution >= 4 is 34.9 Å². The van der Waals surface area contributed by atoms with Crippen molar-refractivity contribution in [2.24, 2.45) is 23.7 Å². The number of para-hydroxylation sites is 1. The summed E-state index contributed by atoms with van der Waals surface area (Å²) in [6, 6.07) is 9.74. The second-order valence-corrected chi connectivity index (χ2v) is 9.24. The van der Waals surface area contributed by atoms with E-state index < -0.39 is 57.4 Å². The lowest BCUT2D eigenvalue weighted by molar-refractivity contribution is -0.385. The number of amides is 3.